The Morgan fingerprint density at radius 1 is 1.04 bits per heavy atom. The Balaban J connectivity index is 1.53. The Morgan fingerprint density at radius 3 is 2.50 bits per heavy atom. The molecule has 0 aromatic heterocycles. The number of hydrogen-bond donors (Lipinski definition) is 2. The smallest absolute Gasteiger partial charge is 0.319 e. The van der Waals surface area contributed by atoms with Gasteiger partial charge in [0.2, 0.25) is 6.79 Å². The molecule has 0 saturated carbocycles. The van der Waals surface area contributed by atoms with E-state index >= 15 is 0 Å². The van der Waals surface area contributed by atoms with Crippen molar-refractivity contribution in [1.29, 1.82) is 0 Å². The number of carbonyl (C=O) groups is 1. The van der Waals surface area contributed by atoms with E-state index in [9.17, 15) is 4.79 Å². The molecule has 26 heavy (non-hydrogen) atoms. The zero-order valence-corrected chi connectivity index (χ0v) is 15.1. The summed E-state index contributed by atoms with van der Waals surface area (Å²) in [7, 11) is 0. The van der Waals surface area contributed by atoms with E-state index in [1.165, 1.54) is 0 Å². The minimum absolute atomic E-state index is 0.172. The summed E-state index contributed by atoms with van der Waals surface area (Å²) in [6.45, 7) is 5.23. The topological polar surface area (TPSA) is 59.6 Å². The van der Waals surface area contributed by atoms with Crippen LogP contribution in [0, 0.1) is 5.92 Å². The molecule has 5 heteroatoms. The summed E-state index contributed by atoms with van der Waals surface area (Å²) in [5.74, 6) is 2.13. The Kier molecular flexibility index (Phi) is 5.79. The minimum atomic E-state index is -0.172. The number of nitrogens with one attached hydrogen (secondary N) is 2. The number of ether oxygens (including phenoxy) is 2. The number of urea groups is 1. The number of benzene rings is 2. The molecule has 0 unspecified atom stereocenters. The van der Waals surface area contributed by atoms with Gasteiger partial charge in [0.15, 0.2) is 11.5 Å². The van der Waals surface area contributed by atoms with Crippen LogP contribution < -0.4 is 20.1 Å². The van der Waals surface area contributed by atoms with Crippen LogP contribution in [0.3, 0.4) is 0 Å². The standard InChI is InChI=1S/C21H24N2O3/c1-15(2)11-12-22-21(24)23-18-8-5-16(6-9-18)3-4-17-7-10-19-20(13-17)26-14-25-19/h3-10,13,15H,11-12,14H2,1-2H3,(H2,22,23,24)/b4-3+. The Hall–Kier alpha value is -2.95. The molecule has 136 valence electrons. The lowest BCUT2D eigenvalue weighted by molar-refractivity contribution is 0.174. The predicted octanol–water partition coefficient (Wildman–Crippen LogP) is 4.75. The second-order valence-corrected chi connectivity index (χ2v) is 6.63. The zero-order chi connectivity index (χ0) is 18.4. The van der Waals surface area contributed by atoms with Gasteiger partial charge in [0, 0.05) is 12.2 Å². The third kappa shape index (κ3) is 5.02. The van der Waals surface area contributed by atoms with Crippen molar-refractivity contribution in [1.82, 2.24) is 5.32 Å². The van der Waals surface area contributed by atoms with Crippen LogP contribution >= 0.6 is 0 Å². The molecule has 1 heterocycles. The van der Waals surface area contributed by atoms with E-state index < -0.39 is 0 Å². The summed E-state index contributed by atoms with van der Waals surface area (Å²) in [4.78, 5) is 11.8. The Labute approximate surface area is 154 Å². The molecule has 0 saturated heterocycles. The van der Waals surface area contributed by atoms with Crippen molar-refractivity contribution in [3.8, 4) is 11.5 Å². The van der Waals surface area contributed by atoms with Gasteiger partial charge in [-0.3, -0.25) is 0 Å². The van der Waals surface area contributed by atoms with Crippen LogP contribution in [0.15, 0.2) is 42.5 Å². The van der Waals surface area contributed by atoms with Gasteiger partial charge in [-0.25, -0.2) is 4.79 Å². The Bertz CT molecular complexity index is 782. The van der Waals surface area contributed by atoms with Crippen LogP contribution in [0.2, 0.25) is 0 Å². The first-order valence-corrected chi connectivity index (χ1v) is 8.83. The molecule has 0 bridgehead atoms. The average molecular weight is 352 g/mol. The second-order valence-electron chi connectivity index (χ2n) is 6.63. The van der Waals surface area contributed by atoms with Crippen molar-refractivity contribution in [2.24, 2.45) is 5.92 Å². The molecule has 0 atom stereocenters. The maximum absolute atomic E-state index is 11.8. The summed E-state index contributed by atoms with van der Waals surface area (Å²) in [6.07, 6.45) is 5.00. The largest absolute Gasteiger partial charge is 0.454 e. The molecule has 2 aromatic carbocycles. The SMILES string of the molecule is CC(C)CCNC(=O)Nc1ccc(/C=C/c2ccc3c(c2)OCO3)cc1. The summed E-state index contributed by atoms with van der Waals surface area (Å²) in [5.41, 5.74) is 2.86. The number of fused-ring (bicyclic) bond motifs is 1. The summed E-state index contributed by atoms with van der Waals surface area (Å²) >= 11 is 0. The maximum Gasteiger partial charge on any atom is 0.319 e. The first kappa shape index (κ1) is 17.9. The molecule has 0 aliphatic carbocycles. The van der Waals surface area contributed by atoms with Gasteiger partial charge in [0.1, 0.15) is 0 Å². The molecular weight excluding hydrogens is 328 g/mol. The van der Waals surface area contributed by atoms with E-state index in [1.54, 1.807) is 0 Å². The molecule has 2 aromatic rings. The molecule has 2 amide bonds. The van der Waals surface area contributed by atoms with Crippen LogP contribution in [0.4, 0.5) is 10.5 Å². The molecule has 0 fully saturated rings. The predicted molar refractivity (Wildman–Crippen MR) is 104 cm³/mol. The zero-order valence-electron chi connectivity index (χ0n) is 15.1. The fraction of sp³-hybridized carbons (Fsp3) is 0.286. The highest BCUT2D eigenvalue weighted by atomic mass is 16.7. The molecule has 1 aliphatic heterocycles. The Morgan fingerprint density at radius 2 is 1.73 bits per heavy atom. The summed E-state index contributed by atoms with van der Waals surface area (Å²) in [6, 6.07) is 13.4. The third-order valence-corrected chi connectivity index (χ3v) is 4.04. The quantitative estimate of drug-likeness (QED) is 0.737. The van der Waals surface area contributed by atoms with Gasteiger partial charge in [-0.05, 0) is 47.7 Å². The van der Waals surface area contributed by atoms with E-state index in [1.807, 2.05) is 54.6 Å². The van der Waals surface area contributed by atoms with Gasteiger partial charge in [0.05, 0.1) is 0 Å². The molecule has 0 spiro atoms. The molecule has 2 N–H and O–H groups in total. The minimum Gasteiger partial charge on any atom is -0.454 e. The highest BCUT2D eigenvalue weighted by molar-refractivity contribution is 5.89. The van der Waals surface area contributed by atoms with Crippen molar-refractivity contribution in [2.75, 3.05) is 18.7 Å². The number of anilines is 1. The van der Waals surface area contributed by atoms with Crippen molar-refractivity contribution in [3.05, 3.63) is 53.6 Å². The number of hydrogen-bond acceptors (Lipinski definition) is 3. The van der Waals surface area contributed by atoms with Crippen molar-refractivity contribution < 1.29 is 14.3 Å². The summed E-state index contributed by atoms with van der Waals surface area (Å²) in [5, 5.41) is 5.70. The van der Waals surface area contributed by atoms with Gasteiger partial charge < -0.3 is 20.1 Å². The third-order valence-electron chi connectivity index (χ3n) is 4.04. The van der Waals surface area contributed by atoms with Crippen LogP contribution in [0.5, 0.6) is 11.5 Å². The van der Waals surface area contributed by atoms with E-state index in [0.29, 0.717) is 12.5 Å². The van der Waals surface area contributed by atoms with Crippen LogP contribution in [0.1, 0.15) is 31.4 Å². The van der Waals surface area contributed by atoms with E-state index in [-0.39, 0.29) is 12.8 Å². The van der Waals surface area contributed by atoms with E-state index in [2.05, 4.69) is 24.5 Å². The highest BCUT2D eigenvalue weighted by Gasteiger charge is 2.12. The first-order chi connectivity index (χ1) is 12.6. The van der Waals surface area contributed by atoms with Gasteiger partial charge in [-0.15, -0.1) is 0 Å². The van der Waals surface area contributed by atoms with E-state index in [0.717, 1.165) is 34.7 Å². The van der Waals surface area contributed by atoms with Crippen molar-refractivity contribution in [2.45, 2.75) is 20.3 Å². The number of amides is 2. The number of rotatable bonds is 6. The fourth-order valence-corrected chi connectivity index (χ4v) is 2.54. The van der Waals surface area contributed by atoms with Crippen LogP contribution in [-0.2, 0) is 0 Å². The lowest BCUT2D eigenvalue weighted by Gasteiger charge is -2.09. The molecule has 0 radical (unpaired) electrons. The van der Waals surface area contributed by atoms with Gasteiger partial charge in [0.25, 0.3) is 0 Å². The van der Waals surface area contributed by atoms with Crippen LogP contribution in [0.25, 0.3) is 12.2 Å². The molecular formula is C21H24N2O3. The summed E-state index contributed by atoms with van der Waals surface area (Å²) < 4.78 is 10.7. The molecule has 1 aliphatic rings. The average Bonchev–Trinajstić information content (AvgIpc) is 3.08. The fourth-order valence-electron chi connectivity index (χ4n) is 2.54. The monoisotopic (exact) mass is 352 g/mol. The first-order valence-electron chi connectivity index (χ1n) is 8.83. The highest BCUT2D eigenvalue weighted by Crippen LogP contribution is 2.32. The second kappa shape index (κ2) is 8.43. The van der Waals surface area contributed by atoms with Crippen molar-refractivity contribution >= 4 is 23.9 Å². The van der Waals surface area contributed by atoms with Crippen molar-refractivity contribution in [3.63, 3.8) is 0 Å². The number of carbonyl (C=O) groups excluding carboxylic acids is 1. The van der Waals surface area contributed by atoms with Gasteiger partial charge in [-0.1, -0.05) is 44.2 Å². The van der Waals surface area contributed by atoms with Gasteiger partial charge in [-0.2, -0.15) is 0 Å². The maximum atomic E-state index is 11.8. The lowest BCUT2D eigenvalue weighted by atomic mass is 10.1. The lowest BCUT2D eigenvalue weighted by Crippen LogP contribution is -2.30. The van der Waals surface area contributed by atoms with Gasteiger partial charge >= 0.3 is 6.03 Å². The van der Waals surface area contributed by atoms with Crippen LogP contribution in [-0.4, -0.2) is 19.4 Å². The normalized spacial score (nSPS) is 12.6. The molecule has 5 nitrogen and oxygen atoms in total. The molecule has 3 rings (SSSR count). The van der Waals surface area contributed by atoms with E-state index in [4.69, 9.17) is 9.47 Å².